The molecule has 1 saturated heterocycles. The first-order valence-corrected chi connectivity index (χ1v) is 9.97. The fourth-order valence-corrected chi connectivity index (χ4v) is 4.69. The van der Waals surface area contributed by atoms with Crippen molar-refractivity contribution in [2.75, 3.05) is 6.54 Å². The summed E-state index contributed by atoms with van der Waals surface area (Å²) in [5.41, 5.74) is 4.78. The van der Waals surface area contributed by atoms with E-state index in [-0.39, 0.29) is 5.91 Å². The fraction of sp³-hybridized carbons (Fsp3) is 0.333. The fourth-order valence-electron chi connectivity index (χ4n) is 4.37. The van der Waals surface area contributed by atoms with Gasteiger partial charge in [-0.3, -0.25) is 14.8 Å². The van der Waals surface area contributed by atoms with Gasteiger partial charge in [0, 0.05) is 18.7 Å². The summed E-state index contributed by atoms with van der Waals surface area (Å²) in [4.78, 5) is 26.9. The molecule has 2 amide bonds. The van der Waals surface area contributed by atoms with Crippen LogP contribution >= 0.6 is 23.2 Å². The molecule has 2 N–H and O–H groups in total. The average molecular weight is 419 g/mol. The number of halogens is 2. The number of nitrogens with one attached hydrogen (secondary N) is 1. The second-order valence-corrected chi connectivity index (χ2v) is 8.42. The van der Waals surface area contributed by atoms with Gasteiger partial charge in [0.15, 0.2) is 0 Å². The van der Waals surface area contributed by atoms with Crippen molar-refractivity contribution in [1.29, 1.82) is 0 Å². The van der Waals surface area contributed by atoms with Crippen molar-refractivity contribution in [2.24, 2.45) is 5.41 Å². The lowest BCUT2D eigenvalue weighted by molar-refractivity contribution is -0.137. The molecule has 7 heteroatoms. The lowest BCUT2D eigenvalue weighted by Crippen LogP contribution is -2.38. The molecule has 1 heterocycles. The number of hydrogen-bond acceptors (Lipinski definition) is 3. The molecule has 0 saturated carbocycles. The van der Waals surface area contributed by atoms with Gasteiger partial charge in [0.2, 0.25) is 5.91 Å². The summed E-state index contributed by atoms with van der Waals surface area (Å²) in [7, 11) is 0. The molecule has 1 unspecified atom stereocenters. The van der Waals surface area contributed by atoms with Crippen LogP contribution in [0.5, 0.6) is 0 Å². The van der Waals surface area contributed by atoms with Crippen molar-refractivity contribution in [3.05, 3.63) is 68.7 Å². The quantitative estimate of drug-likeness (QED) is 0.583. The molecule has 0 aromatic heterocycles. The normalized spacial score (nSPS) is 21.1. The minimum absolute atomic E-state index is 0.154. The van der Waals surface area contributed by atoms with Crippen LogP contribution < -0.4 is 5.48 Å². The van der Waals surface area contributed by atoms with E-state index in [1.165, 1.54) is 0 Å². The number of hydrogen-bond donors (Lipinski definition) is 2. The van der Waals surface area contributed by atoms with E-state index in [1.807, 2.05) is 17.0 Å². The first-order chi connectivity index (χ1) is 13.4. The molecule has 5 nitrogen and oxygen atoms in total. The van der Waals surface area contributed by atoms with E-state index in [0.717, 1.165) is 36.0 Å². The lowest BCUT2D eigenvalue weighted by atomic mass is 9.70. The van der Waals surface area contributed by atoms with Gasteiger partial charge in [-0.15, -0.1) is 0 Å². The number of fused-ring (bicyclic) bond motifs is 1. The molecule has 1 aliphatic carbocycles. The Balaban J connectivity index is 1.54. The summed E-state index contributed by atoms with van der Waals surface area (Å²) in [6, 6.07) is 10.9. The van der Waals surface area contributed by atoms with Crippen molar-refractivity contribution >= 4 is 35.0 Å². The Morgan fingerprint density at radius 2 is 1.93 bits per heavy atom. The van der Waals surface area contributed by atoms with Crippen LogP contribution in [0.1, 0.15) is 39.9 Å². The maximum absolute atomic E-state index is 13.3. The van der Waals surface area contributed by atoms with E-state index < -0.39 is 11.3 Å². The Morgan fingerprint density at radius 1 is 1.11 bits per heavy atom. The van der Waals surface area contributed by atoms with Crippen LogP contribution in [-0.2, 0) is 24.2 Å². The van der Waals surface area contributed by atoms with Gasteiger partial charge in [-0.1, -0.05) is 35.3 Å². The molecular weight excluding hydrogens is 399 g/mol. The van der Waals surface area contributed by atoms with E-state index in [2.05, 4.69) is 0 Å². The van der Waals surface area contributed by atoms with Crippen LogP contribution in [0.25, 0.3) is 0 Å². The SMILES string of the molecule is O=C(NO)c1ccc2c(c1)CC1(CC2)CCN(Cc2ccc(Cl)c(Cl)c2)C1=O. The number of carbonyl (C=O) groups is 2. The standard InChI is InChI=1S/C21H20Cl2N2O3/c22-17-4-1-13(9-18(17)23)12-25-8-7-21(20(25)27)6-5-14-2-3-15(19(26)24-28)10-16(14)11-21/h1-4,9-10,28H,5-8,11-12H2,(H,24,26). The van der Waals surface area contributed by atoms with Crippen LogP contribution in [0.4, 0.5) is 0 Å². The zero-order chi connectivity index (χ0) is 19.9. The summed E-state index contributed by atoms with van der Waals surface area (Å²) in [6.07, 6.45) is 3.03. The van der Waals surface area contributed by atoms with Crippen LogP contribution in [0.3, 0.4) is 0 Å². The maximum atomic E-state index is 13.3. The van der Waals surface area contributed by atoms with Gasteiger partial charge in [0.1, 0.15) is 0 Å². The topological polar surface area (TPSA) is 69.6 Å². The minimum Gasteiger partial charge on any atom is -0.338 e. The monoisotopic (exact) mass is 418 g/mol. The van der Waals surface area contributed by atoms with Crippen molar-refractivity contribution in [2.45, 2.75) is 32.2 Å². The predicted molar refractivity (Wildman–Crippen MR) is 107 cm³/mol. The van der Waals surface area contributed by atoms with Crippen molar-refractivity contribution in [3.63, 3.8) is 0 Å². The second-order valence-electron chi connectivity index (χ2n) is 7.61. The Labute approximate surface area is 173 Å². The maximum Gasteiger partial charge on any atom is 0.274 e. The number of hydroxylamine groups is 1. The number of carbonyl (C=O) groups excluding carboxylic acids is 2. The summed E-state index contributed by atoms with van der Waals surface area (Å²) in [6.45, 7) is 1.21. The Morgan fingerprint density at radius 3 is 2.68 bits per heavy atom. The van der Waals surface area contributed by atoms with Crippen molar-refractivity contribution in [3.8, 4) is 0 Å². The highest BCUT2D eigenvalue weighted by molar-refractivity contribution is 6.42. The van der Waals surface area contributed by atoms with Gasteiger partial charge >= 0.3 is 0 Å². The molecule has 4 rings (SSSR count). The molecule has 2 aliphatic rings. The van der Waals surface area contributed by atoms with E-state index in [0.29, 0.717) is 35.1 Å². The molecule has 1 atom stereocenters. The summed E-state index contributed by atoms with van der Waals surface area (Å²) in [5, 5.41) is 9.86. The second kappa shape index (κ2) is 7.39. The van der Waals surface area contributed by atoms with E-state index >= 15 is 0 Å². The van der Waals surface area contributed by atoms with Gasteiger partial charge in [-0.25, -0.2) is 5.48 Å². The zero-order valence-corrected chi connectivity index (χ0v) is 16.7. The van der Waals surface area contributed by atoms with Gasteiger partial charge in [-0.2, -0.15) is 0 Å². The summed E-state index contributed by atoms with van der Waals surface area (Å²) < 4.78 is 0. The lowest BCUT2D eigenvalue weighted by Gasteiger charge is -2.33. The molecule has 2 aromatic rings. The number of amides is 2. The molecule has 1 aliphatic heterocycles. The third-order valence-corrected chi connectivity index (χ3v) is 6.67. The number of likely N-dealkylation sites (tertiary alicyclic amines) is 1. The van der Waals surface area contributed by atoms with Gasteiger partial charge in [0.25, 0.3) is 5.91 Å². The summed E-state index contributed by atoms with van der Waals surface area (Å²) >= 11 is 12.1. The highest BCUT2D eigenvalue weighted by Gasteiger charge is 2.48. The largest absolute Gasteiger partial charge is 0.338 e. The molecule has 0 bridgehead atoms. The zero-order valence-electron chi connectivity index (χ0n) is 15.2. The Hall–Kier alpha value is -2.08. The Bertz CT molecular complexity index is 963. The third-order valence-electron chi connectivity index (χ3n) is 5.93. The number of nitrogens with zero attached hydrogens (tertiary/aromatic N) is 1. The van der Waals surface area contributed by atoms with Crippen LogP contribution in [0, 0.1) is 5.41 Å². The molecule has 0 radical (unpaired) electrons. The molecule has 1 fully saturated rings. The van der Waals surface area contributed by atoms with Gasteiger partial charge < -0.3 is 4.90 Å². The molecule has 2 aromatic carbocycles. The smallest absolute Gasteiger partial charge is 0.274 e. The van der Waals surface area contributed by atoms with Gasteiger partial charge in [-0.05, 0) is 66.6 Å². The van der Waals surface area contributed by atoms with Crippen LogP contribution in [0.2, 0.25) is 10.0 Å². The van der Waals surface area contributed by atoms with Crippen molar-refractivity contribution in [1.82, 2.24) is 10.4 Å². The minimum atomic E-state index is -0.540. The van der Waals surface area contributed by atoms with Gasteiger partial charge in [0.05, 0.1) is 15.5 Å². The first-order valence-electron chi connectivity index (χ1n) is 9.21. The first kappa shape index (κ1) is 19.2. The highest BCUT2D eigenvalue weighted by atomic mass is 35.5. The Kier molecular flexibility index (Phi) is 5.08. The third kappa shape index (κ3) is 3.39. The average Bonchev–Trinajstić information content (AvgIpc) is 2.99. The molecule has 28 heavy (non-hydrogen) atoms. The number of benzene rings is 2. The predicted octanol–water partition coefficient (Wildman–Crippen LogP) is 4.02. The number of aryl methyl sites for hydroxylation is 1. The summed E-state index contributed by atoms with van der Waals surface area (Å²) in [5.74, 6) is -0.386. The van der Waals surface area contributed by atoms with Crippen LogP contribution in [0.15, 0.2) is 36.4 Å². The van der Waals surface area contributed by atoms with E-state index in [4.69, 9.17) is 28.4 Å². The molecule has 146 valence electrons. The van der Waals surface area contributed by atoms with E-state index in [1.54, 1.807) is 29.7 Å². The van der Waals surface area contributed by atoms with Crippen LogP contribution in [-0.4, -0.2) is 28.5 Å². The molecule has 1 spiro atoms. The highest BCUT2D eigenvalue weighted by Crippen LogP contribution is 2.44. The molecular formula is C21H20Cl2N2O3. The van der Waals surface area contributed by atoms with Crippen molar-refractivity contribution < 1.29 is 14.8 Å². The van der Waals surface area contributed by atoms with E-state index in [9.17, 15) is 9.59 Å². The number of rotatable bonds is 3.